The summed E-state index contributed by atoms with van der Waals surface area (Å²) in [6, 6.07) is 8.56. The summed E-state index contributed by atoms with van der Waals surface area (Å²) in [5.74, 6) is -2.26. The number of para-hydroxylation sites is 1. The summed E-state index contributed by atoms with van der Waals surface area (Å²) in [6.45, 7) is 13.5. The Bertz CT molecular complexity index is 1250. The van der Waals surface area contributed by atoms with Crippen LogP contribution in [0.15, 0.2) is 54.6 Å². The van der Waals surface area contributed by atoms with Crippen molar-refractivity contribution < 1.29 is 24.2 Å². The second kappa shape index (κ2) is 10.4. The quantitative estimate of drug-likeness (QED) is 0.508. The van der Waals surface area contributed by atoms with Gasteiger partial charge < -0.3 is 24.5 Å². The van der Waals surface area contributed by atoms with Crippen molar-refractivity contribution in [3.05, 3.63) is 54.6 Å². The van der Waals surface area contributed by atoms with Gasteiger partial charge in [0.15, 0.2) is 0 Å². The van der Waals surface area contributed by atoms with Gasteiger partial charge in [-0.25, -0.2) is 0 Å². The molecule has 0 saturated carbocycles. The number of carbonyl (C=O) groups excluding carboxylic acids is 3. The number of benzene rings is 1. The van der Waals surface area contributed by atoms with Crippen LogP contribution >= 0.6 is 0 Å². The zero-order valence-electron chi connectivity index (χ0n) is 25.3. The van der Waals surface area contributed by atoms with E-state index in [0.717, 1.165) is 12.1 Å². The van der Waals surface area contributed by atoms with Crippen LogP contribution < -0.4 is 4.90 Å². The van der Waals surface area contributed by atoms with E-state index in [1.165, 1.54) is 0 Å². The number of aliphatic hydroxyl groups is 1. The van der Waals surface area contributed by atoms with Gasteiger partial charge in [0.05, 0.1) is 17.4 Å². The number of rotatable bonds is 7. The van der Waals surface area contributed by atoms with E-state index in [0.29, 0.717) is 25.9 Å². The fourth-order valence-electron chi connectivity index (χ4n) is 8.02. The highest BCUT2D eigenvalue weighted by Gasteiger charge is 2.75. The van der Waals surface area contributed by atoms with Crippen LogP contribution in [-0.2, 0) is 19.1 Å². The lowest BCUT2D eigenvalue weighted by Crippen LogP contribution is -2.60. The number of ether oxygens (including phenoxy) is 1. The first-order valence-corrected chi connectivity index (χ1v) is 15.0. The van der Waals surface area contributed by atoms with Gasteiger partial charge in [0.25, 0.3) is 0 Å². The van der Waals surface area contributed by atoms with E-state index < -0.39 is 34.6 Å². The molecule has 2 saturated heterocycles. The Morgan fingerprint density at radius 2 is 1.61 bits per heavy atom. The average Bonchev–Trinajstić information content (AvgIpc) is 3.18. The molecular weight excluding hydrogens is 518 g/mol. The number of aliphatic hydroxyl groups excluding tert-OH is 1. The van der Waals surface area contributed by atoms with Gasteiger partial charge in [-0.3, -0.25) is 14.4 Å². The minimum atomic E-state index is -1.30. The molecule has 0 radical (unpaired) electrons. The Kier molecular flexibility index (Phi) is 7.48. The van der Waals surface area contributed by atoms with Crippen molar-refractivity contribution in [3.8, 4) is 0 Å². The molecule has 1 aromatic carbocycles. The van der Waals surface area contributed by atoms with Crippen LogP contribution in [0.5, 0.6) is 0 Å². The van der Waals surface area contributed by atoms with Gasteiger partial charge in [-0.05, 0) is 50.7 Å². The van der Waals surface area contributed by atoms with Crippen LogP contribution in [0.3, 0.4) is 0 Å². The number of amides is 3. The average molecular weight is 564 g/mol. The second-order valence-electron chi connectivity index (χ2n) is 13.8. The van der Waals surface area contributed by atoms with Gasteiger partial charge in [-0.15, -0.1) is 0 Å². The molecule has 4 heterocycles. The van der Waals surface area contributed by atoms with Crippen LogP contribution in [0, 0.1) is 17.3 Å². The number of fused-ring (bicyclic) bond motifs is 2. The van der Waals surface area contributed by atoms with E-state index in [4.69, 9.17) is 4.74 Å². The third-order valence-corrected chi connectivity index (χ3v) is 9.26. The van der Waals surface area contributed by atoms with E-state index >= 15 is 0 Å². The first kappa shape index (κ1) is 29.5. The van der Waals surface area contributed by atoms with Gasteiger partial charge in [0.2, 0.25) is 17.7 Å². The minimum Gasteiger partial charge on any atom is -0.396 e. The van der Waals surface area contributed by atoms with Crippen molar-refractivity contribution in [2.45, 2.75) is 83.6 Å². The van der Waals surface area contributed by atoms with Crippen molar-refractivity contribution in [2.75, 3.05) is 31.1 Å². The minimum absolute atomic E-state index is 0.0243. The van der Waals surface area contributed by atoms with Gasteiger partial charge in [0, 0.05) is 37.5 Å². The van der Waals surface area contributed by atoms with Crippen LogP contribution in [0.2, 0.25) is 0 Å². The molecule has 5 rings (SSSR count). The fraction of sp³-hybridized carbons (Fsp3) is 0.606. The van der Waals surface area contributed by atoms with Crippen molar-refractivity contribution >= 4 is 23.4 Å². The molecular formula is C33H45N3O5. The summed E-state index contributed by atoms with van der Waals surface area (Å²) in [5, 5.41) is 9.70. The smallest absolute Gasteiger partial charge is 0.249 e. The number of nitrogens with zero attached hydrogens (tertiary/aromatic N) is 3. The summed E-state index contributed by atoms with van der Waals surface area (Å²) < 4.78 is 7.05. The standard InChI is InChI=1S/C33H45N3O5/c1-7-32-16-11-18-34(23-14-9-8-10-15-23)27(38)24(32)25-28(39)35(19-13-21-37)26-29(40)36(20-12-17-33(25,26)41-32)31(5,6)22-30(2,3)4/h8-12,14-17,24-26,37H,7,13,18-22H2,1-6H3/t24-,25+,26?,32+,33+/m1/s1. The Balaban J connectivity index is 1.64. The zero-order chi connectivity index (χ0) is 29.8. The lowest BCUT2D eigenvalue weighted by molar-refractivity contribution is -0.156. The molecule has 0 aliphatic carbocycles. The number of hydrogen-bond acceptors (Lipinski definition) is 5. The van der Waals surface area contributed by atoms with E-state index in [2.05, 4.69) is 34.6 Å². The molecule has 5 atom stereocenters. The lowest BCUT2D eigenvalue weighted by Gasteiger charge is -2.45. The molecule has 0 aromatic heterocycles. The molecule has 4 aliphatic heterocycles. The molecule has 1 spiro atoms. The predicted octanol–water partition coefficient (Wildman–Crippen LogP) is 3.95. The molecule has 8 heteroatoms. The Hall–Kier alpha value is -2.97. The van der Waals surface area contributed by atoms with Crippen molar-refractivity contribution in [2.24, 2.45) is 17.3 Å². The third kappa shape index (κ3) is 4.73. The Morgan fingerprint density at radius 1 is 0.927 bits per heavy atom. The normalized spacial score (nSPS) is 31.7. The number of anilines is 1. The summed E-state index contributed by atoms with van der Waals surface area (Å²) >= 11 is 0. The maximum atomic E-state index is 14.7. The van der Waals surface area contributed by atoms with Crippen molar-refractivity contribution in [1.82, 2.24) is 9.80 Å². The largest absolute Gasteiger partial charge is 0.396 e. The molecule has 41 heavy (non-hydrogen) atoms. The summed E-state index contributed by atoms with van der Waals surface area (Å²) in [7, 11) is 0. The van der Waals surface area contributed by atoms with E-state index in [9.17, 15) is 19.5 Å². The first-order valence-electron chi connectivity index (χ1n) is 15.0. The highest BCUT2D eigenvalue weighted by Crippen LogP contribution is 2.59. The predicted molar refractivity (Wildman–Crippen MR) is 158 cm³/mol. The van der Waals surface area contributed by atoms with Crippen LogP contribution in [0.4, 0.5) is 5.69 Å². The maximum absolute atomic E-state index is 14.7. The summed E-state index contributed by atoms with van der Waals surface area (Å²) in [6.07, 6.45) is 9.36. The van der Waals surface area contributed by atoms with Gasteiger partial charge in [0.1, 0.15) is 11.6 Å². The van der Waals surface area contributed by atoms with Crippen LogP contribution in [0.1, 0.15) is 60.8 Å². The Labute approximate surface area is 244 Å². The molecule has 4 aliphatic rings. The second-order valence-corrected chi connectivity index (χ2v) is 13.8. The van der Waals surface area contributed by atoms with E-state index in [-0.39, 0.29) is 36.3 Å². The zero-order valence-corrected chi connectivity index (χ0v) is 25.3. The summed E-state index contributed by atoms with van der Waals surface area (Å²) in [5.41, 5.74) is -2.07. The molecule has 2 fully saturated rings. The highest BCUT2D eigenvalue weighted by molar-refractivity contribution is 6.04. The van der Waals surface area contributed by atoms with E-state index in [1.807, 2.05) is 66.5 Å². The van der Waals surface area contributed by atoms with E-state index in [1.54, 1.807) is 9.80 Å². The van der Waals surface area contributed by atoms with Crippen LogP contribution in [-0.4, -0.2) is 81.7 Å². The first-order chi connectivity index (χ1) is 19.3. The number of hydrogen-bond donors (Lipinski definition) is 1. The highest BCUT2D eigenvalue weighted by atomic mass is 16.5. The SMILES string of the molecule is CC[C@]12C=CCN(c3ccccc3)C(=O)[C@H]1[C@H]1C(=O)N(CCCO)C3C(=O)N(C(C)(C)CC(C)(C)C)CC=C[C@@]31O2. The summed E-state index contributed by atoms with van der Waals surface area (Å²) in [4.78, 5) is 48.8. The fourth-order valence-corrected chi connectivity index (χ4v) is 8.02. The molecule has 1 unspecified atom stereocenters. The molecule has 3 amide bonds. The maximum Gasteiger partial charge on any atom is 0.249 e. The molecule has 0 bridgehead atoms. The van der Waals surface area contributed by atoms with Gasteiger partial charge in [-0.2, -0.15) is 0 Å². The Morgan fingerprint density at radius 3 is 2.24 bits per heavy atom. The van der Waals surface area contributed by atoms with Gasteiger partial charge >= 0.3 is 0 Å². The topological polar surface area (TPSA) is 90.4 Å². The number of likely N-dealkylation sites (tertiary alicyclic amines) is 1. The molecule has 222 valence electrons. The lowest BCUT2D eigenvalue weighted by atomic mass is 9.72. The van der Waals surface area contributed by atoms with Crippen molar-refractivity contribution in [1.29, 1.82) is 0 Å². The molecule has 8 nitrogen and oxygen atoms in total. The number of carbonyl (C=O) groups is 3. The van der Waals surface area contributed by atoms with Crippen LogP contribution in [0.25, 0.3) is 0 Å². The molecule has 1 N–H and O–H groups in total. The third-order valence-electron chi connectivity index (χ3n) is 9.26. The monoisotopic (exact) mass is 563 g/mol. The van der Waals surface area contributed by atoms with Crippen molar-refractivity contribution in [3.63, 3.8) is 0 Å². The molecule has 1 aromatic rings. The van der Waals surface area contributed by atoms with Gasteiger partial charge in [-0.1, -0.05) is 70.2 Å².